The molecule has 1 aliphatic carbocycles. The van der Waals surface area contributed by atoms with Gasteiger partial charge in [0.2, 0.25) is 5.95 Å². The monoisotopic (exact) mass is 521 g/mol. The normalized spacial score (nSPS) is 19.4. The Morgan fingerprint density at radius 1 is 1.28 bits per heavy atom. The third-order valence-electron chi connectivity index (χ3n) is 5.71. The number of aromatic nitrogens is 3. The number of nitrogens with one attached hydrogen (secondary N) is 2. The molecule has 7 nitrogen and oxygen atoms in total. The standard InChI is InChI=1S/C24H20ClF4N5O2/c1-2-23(9-4-3-5-19(23)35)33-21(36)14-8-10-34(13-14)20-16(24(27,28)29)12-30-22(32-20)31-18-7-6-15(26)11-17(18)25/h3-13,19,35H,2H2,1H3,(H,33,36)(H,30,31,32). The molecular formula is C24H20ClF4N5O2. The van der Waals surface area contributed by atoms with Gasteiger partial charge in [0.1, 0.15) is 11.4 Å². The highest BCUT2D eigenvalue weighted by atomic mass is 35.5. The first kappa shape index (κ1) is 25.4. The van der Waals surface area contributed by atoms with Crippen molar-refractivity contribution in [2.24, 2.45) is 0 Å². The Hall–Kier alpha value is -3.70. The lowest BCUT2D eigenvalue weighted by Crippen LogP contribution is -2.55. The Kier molecular flexibility index (Phi) is 6.87. The Labute approximate surface area is 208 Å². The lowest BCUT2D eigenvalue weighted by Gasteiger charge is -2.35. The molecule has 1 amide bonds. The minimum Gasteiger partial charge on any atom is -0.386 e. The minimum absolute atomic E-state index is 0.0152. The zero-order chi connectivity index (χ0) is 26.1. The van der Waals surface area contributed by atoms with Crippen LogP contribution in [0.15, 0.2) is 67.2 Å². The number of anilines is 2. The molecule has 0 saturated heterocycles. The molecule has 0 fully saturated rings. The Morgan fingerprint density at radius 2 is 2.06 bits per heavy atom. The Balaban J connectivity index is 1.66. The number of alkyl halides is 3. The van der Waals surface area contributed by atoms with E-state index in [-0.39, 0.29) is 22.2 Å². The average Bonchev–Trinajstić information content (AvgIpc) is 3.32. The average molecular weight is 522 g/mol. The van der Waals surface area contributed by atoms with Crippen LogP contribution in [0.5, 0.6) is 0 Å². The minimum atomic E-state index is -4.79. The van der Waals surface area contributed by atoms with Gasteiger partial charge in [-0.05, 0) is 30.7 Å². The van der Waals surface area contributed by atoms with Crippen LogP contribution in [0.25, 0.3) is 5.82 Å². The van der Waals surface area contributed by atoms with E-state index in [0.29, 0.717) is 12.6 Å². The van der Waals surface area contributed by atoms with Crippen molar-refractivity contribution in [3.8, 4) is 5.82 Å². The van der Waals surface area contributed by atoms with Crippen molar-refractivity contribution in [3.63, 3.8) is 0 Å². The summed E-state index contributed by atoms with van der Waals surface area (Å²) in [6.45, 7) is 1.79. The fourth-order valence-electron chi connectivity index (χ4n) is 3.69. The predicted molar refractivity (Wildman–Crippen MR) is 126 cm³/mol. The molecule has 4 rings (SSSR count). The van der Waals surface area contributed by atoms with Crippen LogP contribution < -0.4 is 10.6 Å². The maximum absolute atomic E-state index is 13.7. The van der Waals surface area contributed by atoms with Crippen LogP contribution >= 0.6 is 11.6 Å². The van der Waals surface area contributed by atoms with Gasteiger partial charge in [-0.1, -0.05) is 42.8 Å². The summed E-state index contributed by atoms with van der Waals surface area (Å²) in [7, 11) is 0. The van der Waals surface area contributed by atoms with Crippen LogP contribution in [-0.4, -0.2) is 37.2 Å². The van der Waals surface area contributed by atoms with Gasteiger partial charge in [0.15, 0.2) is 5.82 Å². The van der Waals surface area contributed by atoms with E-state index >= 15 is 0 Å². The number of allylic oxidation sites excluding steroid dienone is 2. The van der Waals surface area contributed by atoms with Gasteiger partial charge in [0.05, 0.1) is 27.9 Å². The molecule has 188 valence electrons. The van der Waals surface area contributed by atoms with Crippen molar-refractivity contribution in [3.05, 3.63) is 89.1 Å². The van der Waals surface area contributed by atoms with Crippen LogP contribution in [0.4, 0.5) is 29.2 Å². The summed E-state index contributed by atoms with van der Waals surface area (Å²) < 4.78 is 55.5. The van der Waals surface area contributed by atoms with E-state index in [4.69, 9.17) is 11.6 Å². The highest BCUT2D eigenvalue weighted by Crippen LogP contribution is 2.34. The number of nitrogens with zero attached hydrogens (tertiary/aromatic N) is 3. The van der Waals surface area contributed by atoms with E-state index in [1.807, 2.05) is 0 Å². The van der Waals surface area contributed by atoms with Gasteiger partial charge in [-0.3, -0.25) is 4.79 Å². The highest BCUT2D eigenvalue weighted by molar-refractivity contribution is 6.33. The first-order valence-corrected chi connectivity index (χ1v) is 11.1. The highest BCUT2D eigenvalue weighted by Gasteiger charge is 2.37. The number of rotatable bonds is 6. The summed E-state index contributed by atoms with van der Waals surface area (Å²) in [4.78, 5) is 20.6. The van der Waals surface area contributed by atoms with Crippen molar-refractivity contribution in [1.82, 2.24) is 19.9 Å². The number of benzene rings is 1. The second-order valence-corrected chi connectivity index (χ2v) is 8.43. The summed E-state index contributed by atoms with van der Waals surface area (Å²) in [6.07, 6.45) is 4.22. The first-order valence-electron chi connectivity index (χ1n) is 10.7. The summed E-state index contributed by atoms with van der Waals surface area (Å²) in [5, 5.41) is 15.8. The van der Waals surface area contributed by atoms with Gasteiger partial charge in [-0.2, -0.15) is 18.2 Å². The quantitative estimate of drug-likeness (QED) is 0.388. The predicted octanol–water partition coefficient (Wildman–Crippen LogP) is 5.19. The summed E-state index contributed by atoms with van der Waals surface area (Å²) in [6, 6.07) is 4.78. The largest absolute Gasteiger partial charge is 0.421 e. The summed E-state index contributed by atoms with van der Waals surface area (Å²) >= 11 is 5.98. The van der Waals surface area contributed by atoms with Gasteiger partial charge in [0, 0.05) is 18.6 Å². The molecule has 2 aromatic heterocycles. The van der Waals surface area contributed by atoms with Crippen LogP contribution in [-0.2, 0) is 6.18 Å². The van der Waals surface area contributed by atoms with Gasteiger partial charge in [0.25, 0.3) is 5.91 Å². The first-order chi connectivity index (χ1) is 17.0. The van der Waals surface area contributed by atoms with E-state index in [1.54, 1.807) is 25.2 Å². The number of carbonyl (C=O) groups excluding carboxylic acids is 1. The Morgan fingerprint density at radius 3 is 2.72 bits per heavy atom. The number of aliphatic hydroxyl groups excluding tert-OH is 1. The molecule has 2 atom stereocenters. The molecule has 2 heterocycles. The molecule has 0 aliphatic heterocycles. The van der Waals surface area contributed by atoms with E-state index in [2.05, 4.69) is 20.6 Å². The molecule has 0 radical (unpaired) electrons. The molecule has 0 bridgehead atoms. The second-order valence-electron chi connectivity index (χ2n) is 8.02. The van der Waals surface area contributed by atoms with Crippen molar-refractivity contribution < 1.29 is 27.5 Å². The summed E-state index contributed by atoms with van der Waals surface area (Å²) in [5.41, 5.74) is -1.94. The lowest BCUT2D eigenvalue weighted by atomic mass is 9.85. The van der Waals surface area contributed by atoms with Crippen molar-refractivity contribution in [2.75, 3.05) is 5.32 Å². The van der Waals surface area contributed by atoms with Crippen LogP contribution in [0.3, 0.4) is 0 Å². The molecule has 2 unspecified atom stereocenters. The maximum Gasteiger partial charge on any atom is 0.421 e. The third kappa shape index (κ3) is 5.12. The third-order valence-corrected chi connectivity index (χ3v) is 6.02. The number of hydrogen-bond donors (Lipinski definition) is 3. The molecule has 3 aromatic rings. The summed E-state index contributed by atoms with van der Waals surface area (Å²) in [5.74, 6) is -1.94. The number of aliphatic hydroxyl groups is 1. The molecule has 1 aromatic carbocycles. The fraction of sp³-hybridized carbons (Fsp3) is 0.208. The number of halogens is 5. The number of amides is 1. The zero-order valence-electron chi connectivity index (χ0n) is 18.7. The topological polar surface area (TPSA) is 92.1 Å². The zero-order valence-corrected chi connectivity index (χ0v) is 19.5. The fourth-order valence-corrected chi connectivity index (χ4v) is 3.90. The Bertz CT molecular complexity index is 1350. The van der Waals surface area contributed by atoms with Crippen LogP contribution in [0.2, 0.25) is 5.02 Å². The smallest absolute Gasteiger partial charge is 0.386 e. The lowest BCUT2D eigenvalue weighted by molar-refractivity contribution is -0.137. The van der Waals surface area contributed by atoms with E-state index in [0.717, 1.165) is 16.7 Å². The number of hydrogen-bond acceptors (Lipinski definition) is 5. The van der Waals surface area contributed by atoms with Gasteiger partial charge >= 0.3 is 6.18 Å². The van der Waals surface area contributed by atoms with Gasteiger partial charge in [-0.15, -0.1) is 0 Å². The molecule has 3 N–H and O–H groups in total. The second kappa shape index (κ2) is 9.75. The van der Waals surface area contributed by atoms with Crippen LogP contribution in [0.1, 0.15) is 29.3 Å². The maximum atomic E-state index is 13.7. The van der Waals surface area contributed by atoms with Crippen molar-refractivity contribution in [2.45, 2.75) is 31.2 Å². The van der Waals surface area contributed by atoms with Crippen molar-refractivity contribution in [1.29, 1.82) is 0 Å². The van der Waals surface area contributed by atoms with E-state index < -0.39 is 40.9 Å². The van der Waals surface area contributed by atoms with E-state index in [1.165, 1.54) is 30.6 Å². The van der Waals surface area contributed by atoms with Gasteiger partial charge < -0.3 is 20.3 Å². The molecule has 0 spiro atoms. The number of carbonyl (C=O) groups is 1. The molecule has 12 heteroatoms. The van der Waals surface area contributed by atoms with Gasteiger partial charge in [-0.25, -0.2) is 9.37 Å². The molecule has 1 aliphatic rings. The van der Waals surface area contributed by atoms with Crippen molar-refractivity contribution >= 4 is 29.1 Å². The SMILES string of the molecule is CCC1(NC(=O)c2ccn(-c3nc(Nc4ccc(F)cc4Cl)ncc3C(F)(F)F)c2)C=CC=CC1O. The van der Waals surface area contributed by atoms with Crippen LogP contribution in [0, 0.1) is 5.82 Å². The van der Waals surface area contributed by atoms with E-state index in [9.17, 15) is 27.5 Å². The molecular weight excluding hydrogens is 502 g/mol. The molecule has 36 heavy (non-hydrogen) atoms. The molecule has 0 saturated carbocycles.